The van der Waals surface area contributed by atoms with Crippen LogP contribution in [0.15, 0.2) is 24.4 Å². The number of carbonyl (C=O) groups is 1. The Labute approximate surface area is 159 Å². The van der Waals surface area contributed by atoms with Crippen molar-refractivity contribution in [3.05, 3.63) is 35.9 Å². The molecule has 1 aliphatic heterocycles. The zero-order chi connectivity index (χ0) is 19.0. The van der Waals surface area contributed by atoms with Crippen molar-refractivity contribution in [2.75, 3.05) is 19.3 Å². The van der Waals surface area contributed by atoms with Crippen LogP contribution in [0.3, 0.4) is 0 Å². The number of nitrogens with one attached hydrogen (secondary N) is 1. The minimum absolute atomic E-state index is 0.0172. The number of imidazole rings is 1. The van der Waals surface area contributed by atoms with Crippen LogP contribution in [-0.4, -0.2) is 53.4 Å². The molecule has 1 saturated carbocycles. The Balaban J connectivity index is 1.66. The number of pyridine rings is 1. The molecule has 146 valence electrons. The number of rotatable bonds is 4. The molecule has 2 aliphatic rings. The number of hydrogen-bond acceptors (Lipinski definition) is 4. The van der Waals surface area contributed by atoms with Crippen molar-refractivity contribution in [1.82, 2.24) is 19.0 Å². The van der Waals surface area contributed by atoms with Gasteiger partial charge in [-0.05, 0) is 37.8 Å². The van der Waals surface area contributed by atoms with E-state index >= 15 is 0 Å². The smallest absolute Gasteiger partial charge is 0.272 e. The van der Waals surface area contributed by atoms with Crippen LogP contribution in [-0.2, 0) is 10.0 Å². The normalized spacial score (nSPS) is 22.3. The Morgan fingerprint density at radius 1 is 1.19 bits per heavy atom. The molecule has 2 aromatic heterocycles. The van der Waals surface area contributed by atoms with Gasteiger partial charge in [-0.2, -0.15) is 0 Å². The van der Waals surface area contributed by atoms with Crippen LogP contribution in [0.25, 0.3) is 5.52 Å². The molecule has 4 rings (SSSR count). The monoisotopic (exact) mass is 390 g/mol. The first kappa shape index (κ1) is 18.4. The molecule has 7 nitrogen and oxygen atoms in total. The Morgan fingerprint density at radius 2 is 1.96 bits per heavy atom. The summed E-state index contributed by atoms with van der Waals surface area (Å²) in [5, 5.41) is 3.12. The van der Waals surface area contributed by atoms with E-state index in [4.69, 9.17) is 4.98 Å². The van der Waals surface area contributed by atoms with Gasteiger partial charge in [-0.15, -0.1) is 0 Å². The molecule has 0 bridgehead atoms. The molecule has 2 aromatic rings. The molecule has 0 aromatic carbocycles. The quantitative estimate of drug-likeness (QED) is 0.867. The number of fused-ring (bicyclic) bond motifs is 1. The highest BCUT2D eigenvalue weighted by Gasteiger charge is 2.31. The van der Waals surface area contributed by atoms with E-state index < -0.39 is 10.0 Å². The number of amides is 1. The van der Waals surface area contributed by atoms with Crippen molar-refractivity contribution >= 4 is 21.4 Å². The summed E-state index contributed by atoms with van der Waals surface area (Å²) in [7, 11) is -3.23. The average molecular weight is 391 g/mol. The number of nitrogens with zero attached hydrogens (tertiary/aromatic N) is 3. The van der Waals surface area contributed by atoms with Crippen molar-refractivity contribution in [1.29, 1.82) is 0 Å². The van der Waals surface area contributed by atoms with E-state index in [0.717, 1.165) is 49.9 Å². The first-order valence-electron chi connectivity index (χ1n) is 9.66. The summed E-state index contributed by atoms with van der Waals surface area (Å²) in [5.41, 5.74) is 1.22. The Kier molecular flexibility index (Phi) is 4.94. The van der Waals surface area contributed by atoms with Crippen LogP contribution in [0.2, 0.25) is 0 Å². The molecule has 8 heteroatoms. The van der Waals surface area contributed by atoms with Gasteiger partial charge in [-0.1, -0.05) is 18.9 Å². The lowest BCUT2D eigenvalue weighted by Gasteiger charge is -2.30. The summed E-state index contributed by atoms with van der Waals surface area (Å²) in [4.78, 5) is 17.5. The van der Waals surface area contributed by atoms with Crippen LogP contribution in [0.4, 0.5) is 0 Å². The standard InChI is InChI=1S/C19H26N4O3S/c1-27(25,26)22-11-6-7-14(13-22)18-21-17(16-10-4-5-12-23(16)18)19(24)20-15-8-2-3-9-15/h4-5,10,12,14-15H,2-3,6-9,11,13H2,1H3,(H,20,24)/t14-/m0/s1. The third-order valence-electron chi connectivity index (χ3n) is 5.70. The first-order chi connectivity index (χ1) is 12.9. The van der Waals surface area contributed by atoms with Crippen molar-refractivity contribution in [2.24, 2.45) is 0 Å². The van der Waals surface area contributed by atoms with Gasteiger partial charge in [0.15, 0.2) is 5.69 Å². The maximum atomic E-state index is 12.8. The van der Waals surface area contributed by atoms with Crippen molar-refractivity contribution in [3.8, 4) is 0 Å². The average Bonchev–Trinajstić information content (AvgIpc) is 3.28. The lowest BCUT2D eigenvalue weighted by Crippen LogP contribution is -2.38. The molecule has 1 amide bonds. The Morgan fingerprint density at radius 3 is 2.70 bits per heavy atom. The minimum atomic E-state index is -3.23. The molecule has 1 N–H and O–H groups in total. The third kappa shape index (κ3) is 3.73. The highest BCUT2D eigenvalue weighted by atomic mass is 32.2. The Hall–Kier alpha value is -1.93. The van der Waals surface area contributed by atoms with Crippen LogP contribution < -0.4 is 5.32 Å². The summed E-state index contributed by atoms with van der Waals surface area (Å²) >= 11 is 0. The summed E-state index contributed by atoms with van der Waals surface area (Å²) < 4.78 is 27.4. The van der Waals surface area contributed by atoms with Gasteiger partial charge in [-0.3, -0.25) is 4.79 Å². The van der Waals surface area contributed by atoms with E-state index in [1.54, 1.807) is 0 Å². The van der Waals surface area contributed by atoms with E-state index in [0.29, 0.717) is 18.8 Å². The predicted molar refractivity (Wildman–Crippen MR) is 103 cm³/mol. The van der Waals surface area contributed by atoms with Crippen molar-refractivity contribution in [3.63, 3.8) is 0 Å². The fourth-order valence-corrected chi connectivity index (χ4v) is 5.21. The number of piperidine rings is 1. The second-order valence-electron chi connectivity index (χ2n) is 7.69. The van der Waals surface area contributed by atoms with Gasteiger partial charge in [-0.25, -0.2) is 17.7 Å². The third-order valence-corrected chi connectivity index (χ3v) is 6.97. The van der Waals surface area contributed by atoms with Crippen LogP contribution in [0, 0.1) is 0 Å². The second-order valence-corrected chi connectivity index (χ2v) is 9.67. The van der Waals surface area contributed by atoms with Gasteiger partial charge < -0.3 is 9.72 Å². The van der Waals surface area contributed by atoms with Gasteiger partial charge in [0, 0.05) is 31.2 Å². The zero-order valence-corrected chi connectivity index (χ0v) is 16.4. The maximum Gasteiger partial charge on any atom is 0.272 e. The lowest BCUT2D eigenvalue weighted by atomic mass is 9.99. The fourth-order valence-electron chi connectivity index (χ4n) is 4.29. The van der Waals surface area contributed by atoms with Crippen molar-refractivity contribution < 1.29 is 13.2 Å². The highest BCUT2D eigenvalue weighted by molar-refractivity contribution is 7.88. The van der Waals surface area contributed by atoms with Crippen molar-refractivity contribution in [2.45, 2.75) is 50.5 Å². The summed E-state index contributed by atoms with van der Waals surface area (Å²) in [6, 6.07) is 5.94. The molecule has 1 saturated heterocycles. The molecule has 1 aliphatic carbocycles. The highest BCUT2D eigenvalue weighted by Crippen LogP contribution is 2.29. The number of hydrogen-bond donors (Lipinski definition) is 1. The largest absolute Gasteiger partial charge is 0.348 e. The second kappa shape index (κ2) is 7.24. The zero-order valence-electron chi connectivity index (χ0n) is 15.6. The summed E-state index contributed by atoms with van der Waals surface area (Å²) in [5.74, 6) is 0.625. The van der Waals surface area contributed by atoms with Crippen LogP contribution in [0.5, 0.6) is 0 Å². The lowest BCUT2D eigenvalue weighted by molar-refractivity contribution is 0.0934. The SMILES string of the molecule is CS(=O)(=O)N1CCC[C@H](c2nc(C(=O)NC3CCCC3)c3ccccn23)C1. The maximum absolute atomic E-state index is 12.8. The summed E-state index contributed by atoms with van der Waals surface area (Å²) in [6.45, 7) is 0.962. The summed E-state index contributed by atoms with van der Waals surface area (Å²) in [6.07, 6.45) is 9.18. The predicted octanol–water partition coefficient (Wildman–Crippen LogP) is 2.15. The fraction of sp³-hybridized carbons (Fsp3) is 0.579. The van der Waals surface area contributed by atoms with E-state index in [1.807, 2.05) is 28.8 Å². The molecule has 0 unspecified atom stereocenters. The molecule has 27 heavy (non-hydrogen) atoms. The molecule has 0 spiro atoms. The van der Waals surface area contributed by atoms with E-state index in [9.17, 15) is 13.2 Å². The van der Waals surface area contributed by atoms with Crippen LogP contribution in [0.1, 0.15) is 60.8 Å². The topological polar surface area (TPSA) is 83.8 Å². The molecule has 0 radical (unpaired) electrons. The number of aromatic nitrogens is 2. The van der Waals surface area contributed by atoms with Gasteiger partial charge in [0.1, 0.15) is 5.82 Å². The Bertz CT molecular complexity index is 947. The van der Waals surface area contributed by atoms with Gasteiger partial charge in [0.2, 0.25) is 10.0 Å². The van der Waals surface area contributed by atoms with Gasteiger partial charge >= 0.3 is 0 Å². The van der Waals surface area contributed by atoms with E-state index in [2.05, 4.69) is 5.32 Å². The first-order valence-corrected chi connectivity index (χ1v) is 11.5. The van der Waals surface area contributed by atoms with Gasteiger partial charge in [0.05, 0.1) is 11.8 Å². The molecule has 3 heterocycles. The van der Waals surface area contributed by atoms with Gasteiger partial charge in [0.25, 0.3) is 5.91 Å². The minimum Gasteiger partial charge on any atom is -0.348 e. The van der Waals surface area contributed by atoms with E-state index in [1.165, 1.54) is 10.6 Å². The molecule has 2 fully saturated rings. The molecular formula is C19H26N4O3S. The number of sulfonamides is 1. The van der Waals surface area contributed by atoms with Crippen LogP contribution >= 0.6 is 0 Å². The van der Waals surface area contributed by atoms with E-state index in [-0.39, 0.29) is 17.9 Å². The molecular weight excluding hydrogens is 364 g/mol. The number of carbonyl (C=O) groups excluding carboxylic acids is 1. The molecule has 1 atom stereocenters.